The first kappa shape index (κ1) is 14.5. The molecule has 0 fully saturated rings. The number of nitrogens with zero attached hydrogens (tertiary/aromatic N) is 1. The highest BCUT2D eigenvalue weighted by Crippen LogP contribution is 2.05. The summed E-state index contributed by atoms with van der Waals surface area (Å²) in [5.74, 6) is -0.746. The Morgan fingerprint density at radius 2 is 1.81 bits per heavy atom. The molecule has 0 radical (unpaired) electrons. The highest BCUT2D eigenvalue weighted by Gasteiger charge is 2.11. The third-order valence-corrected chi connectivity index (χ3v) is 2.80. The number of hydrogen-bond donors (Lipinski definition) is 3. The van der Waals surface area contributed by atoms with E-state index in [1.54, 1.807) is 12.1 Å². The van der Waals surface area contributed by atoms with Gasteiger partial charge in [0.15, 0.2) is 5.69 Å². The molecule has 0 saturated carbocycles. The van der Waals surface area contributed by atoms with E-state index in [1.807, 2.05) is 30.3 Å². The summed E-state index contributed by atoms with van der Waals surface area (Å²) in [5, 5.41) is 5.20. The lowest BCUT2D eigenvalue weighted by Crippen LogP contribution is -2.37. The van der Waals surface area contributed by atoms with E-state index in [4.69, 9.17) is 5.73 Å². The molecule has 2 aromatic rings. The van der Waals surface area contributed by atoms with Crippen molar-refractivity contribution in [1.82, 2.24) is 15.6 Å². The molecule has 0 saturated heterocycles. The number of anilines is 1. The number of amides is 2. The summed E-state index contributed by atoms with van der Waals surface area (Å²) < 4.78 is 0. The summed E-state index contributed by atoms with van der Waals surface area (Å²) in [6.07, 6.45) is 1.47. The molecular formula is C15H16N4O2. The van der Waals surface area contributed by atoms with Gasteiger partial charge in [0.2, 0.25) is 5.91 Å². The van der Waals surface area contributed by atoms with Crippen LogP contribution in [0.3, 0.4) is 0 Å². The molecule has 0 atom stereocenters. The Hall–Kier alpha value is -2.89. The van der Waals surface area contributed by atoms with Crippen LogP contribution in [0.5, 0.6) is 0 Å². The lowest BCUT2D eigenvalue weighted by molar-refractivity contribution is -0.120. The van der Waals surface area contributed by atoms with Crippen LogP contribution in [0.25, 0.3) is 0 Å². The summed E-state index contributed by atoms with van der Waals surface area (Å²) in [4.78, 5) is 27.4. The largest absolute Gasteiger partial charge is 0.397 e. The van der Waals surface area contributed by atoms with Crippen molar-refractivity contribution in [3.8, 4) is 0 Å². The third-order valence-electron chi connectivity index (χ3n) is 2.80. The van der Waals surface area contributed by atoms with Crippen molar-refractivity contribution in [3.63, 3.8) is 0 Å². The molecule has 0 aliphatic rings. The maximum absolute atomic E-state index is 11.8. The number of aromatic nitrogens is 1. The monoisotopic (exact) mass is 284 g/mol. The fourth-order valence-corrected chi connectivity index (χ4v) is 1.71. The van der Waals surface area contributed by atoms with Crippen molar-refractivity contribution >= 4 is 17.5 Å². The summed E-state index contributed by atoms with van der Waals surface area (Å²) in [5.41, 5.74) is 7.03. The Labute approximate surface area is 122 Å². The van der Waals surface area contributed by atoms with Gasteiger partial charge in [-0.05, 0) is 17.7 Å². The van der Waals surface area contributed by atoms with E-state index in [9.17, 15) is 9.59 Å². The molecule has 0 aliphatic carbocycles. The number of pyridine rings is 1. The number of nitrogens with one attached hydrogen (secondary N) is 2. The lowest BCUT2D eigenvalue weighted by Gasteiger charge is -2.07. The second kappa shape index (κ2) is 7.04. The van der Waals surface area contributed by atoms with Crippen molar-refractivity contribution in [3.05, 3.63) is 59.9 Å². The zero-order valence-electron chi connectivity index (χ0n) is 11.4. The first-order valence-corrected chi connectivity index (χ1v) is 6.46. The normalized spacial score (nSPS) is 9.90. The van der Waals surface area contributed by atoms with Gasteiger partial charge >= 0.3 is 0 Å². The minimum Gasteiger partial charge on any atom is -0.397 e. The van der Waals surface area contributed by atoms with Crippen molar-refractivity contribution < 1.29 is 9.59 Å². The fourth-order valence-electron chi connectivity index (χ4n) is 1.71. The van der Waals surface area contributed by atoms with E-state index in [0.717, 1.165) is 5.56 Å². The van der Waals surface area contributed by atoms with Crippen LogP contribution < -0.4 is 16.4 Å². The number of benzene rings is 1. The quantitative estimate of drug-likeness (QED) is 0.753. The molecule has 4 N–H and O–H groups in total. The van der Waals surface area contributed by atoms with E-state index in [1.165, 1.54) is 6.20 Å². The predicted molar refractivity (Wildman–Crippen MR) is 79.3 cm³/mol. The van der Waals surface area contributed by atoms with Crippen molar-refractivity contribution in [2.45, 2.75) is 6.54 Å². The molecule has 1 heterocycles. The summed E-state index contributed by atoms with van der Waals surface area (Å²) in [6.45, 7) is 0.295. The number of carbonyl (C=O) groups is 2. The molecule has 0 bridgehead atoms. The second-order valence-electron chi connectivity index (χ2n) is 4.39. The predicted octanol–water partition coefficient (Wildman–Crippen LogP) is 0.710. The Kier molecular flexibility index (Phi) is 4.87. The number of nitrogens with two attached hydrogens (primary N) is 1. The van der Waals surface area contributed by atoms with E-state index >= 15 is 0 Å². The Morgan fingerprint density at radius 1 is 1.05 bits per heavy atom. The van der Waals surface area contributed by atoms with Gasteiger partial charge in [-0.15, -0.1) is 0 Å². The molecule has 6 heteroatoms. The van der Waals surface area contributed by atoms with Gasteiger partial charge in [-0.25, -0.2) is 4.98 Å². The standard InChI is InChI=1S/C15H16N4O2/c16-12-7-4-8-17-14(12)15(21)19-10-13(20)18-9-11-5-2-1-3-6-11/h1-8H,9-10,16H2,(H,18,20)(H,19,21). The highest BCUT2D eigenvalue weighted by molar-refractivity contribution is 5.98. The van der Waals surface area contributed by atoms with Crippen LogP contribution in [-0.4, -0.2) is 23.3 Å². The van der Waals surface area contributed by atoms with Crippen LogP contribution in [0.2, 0.25) is 0 Å². The Balaban J connectivity index is 1.79. The van der Waals surface area contributed by atoms with Gasteiger partial charge in [-0.1, -0.05) is 30.3 Å². The summed E-state index contributed by atoms with van der Waals surface area (Å²) >= 11 is 0. The zero-order valence-corrected chi connectivity index (χ0v) is 11.4. The van der Waals surface area contributed by atoms with Crippen molar-refractivity contribution in [2.75, 3.05) is 12.3 Å². The maximum atomic E-state index is 11.8. The topological polar surface area (TPSA) is 97.1 Å². The number of hydrogen-bond acceptors (Lipinski definition) is 4. The first-order chi connectivity index (χ1) is 10.2. The maximum Gasteiger partial charge on any atom is 0.272 e. The van der Waals surface area contributed by atoms with Crippen LogP contribution >= 0.6 is 0 Å². The molecule has 108 valence electrons. The highest BCUT2D eigenvalue weighted by atomic mass is 16.2. The average Bonchev–Trinajstić information content (AvgIpc) is 2.52. The third kappa shape index (κ3) is 4.31. The van der Waals surface area contributed by atoms with E-state index in [0.29, 0.717) is 6.54 Å². The van der Waals surface area contributed by atoms with Gasteiger partial charge < -0.3 is 16.4 Å². The first-order valence-electron chi connectivity index (χ1n) is 6.46. The van der Waals surface area contributed by atoms with Gasteiger partial charge in [-0.3, -0.25) is 9.59 Å². The molecule has 2 amide bonds. The van der Waals surface area contributed by atoms with Crippen LogP contribution in [-0.2, 0) is 11.3 Å². The molecule has 2 rings (SSSR count). The van der Waals surface area contributed by atoms with Gasteiger partial charge in [0.25, 0.3) is 5.91 Å². The molecule has 1 aromatic heterocycles. The van der Waals surface area contributed by atoms with Crippen molar-refractivity contribution in [1.29, 1.82) is 0 Å². The smallest absolute Gasteiger partial charge is 0.272 e. The van der Waals surface area contributed by atoms with Gasteiger partial charge in [0, 0.05) is 12.7 Å². The molecule has 0 aliphatic heterocycles. The van der Waals surface area contributed by atoms with Gasteiger partial charge in [0.1, 0.15) is 0 Å². The lowest BCUT2D eigenvalue weighted by atomic mass is 10.2. The minimum absolute atomic E-state index is 0.119. The Bertz CT molecular complexity index is 629. The minimum atomic E-state index is -0.469. The second-order valence-corrected chi connectivity index (χ2v) is 4.39. The number of rotatable bonds is 5. The fraction of sp³-hybridized carbons (Fsp3) is 0.133. The molecular weight excluding hydrogens is 268 g/mol. The Morgan fingerprint density at radius 3 is 2.52 bits per heavy atom. The van der Waals surface area contributed by atoms with E-state index < -0.39 is 5.91 Å². The van der Waals surface area contributed by atoms with Crippen LogP contribution in [0.4, 0.5) is 5.69 Å². The molecule has 6 nitrogen and oxygen atoms in total. The van der Waals surface area contributed by atoms with Crippen LogP contribution in [0.15, 0.2) is 48.7 Å². The molecule has 1 aromatic carbocycles. The average molecular weight is 284 g/mol. The zero-order chi connectivity index (χ0) is 15.1. The molecule has 0 spiro atoms. The van der Waals surface area contributed by atoms with Crippen LogP contribution in [0.1, 0.15) is 16.1 Å². The molecule has 0 unspecified atom stereocenters. The van der Waals surface area contributed by atoms with E-state index in [-0.39, 0.29) is 23.8 Å². The summed E-state index contributed by atoms with van der Waals surface area (Å²) in [7, 11) is 0. The van der Waals surface area contributed by atoms with Gasteiger partial charge in [-0.2, -0.15) is 0 Å². The summed E-state index contributed by atoms with van der Waals surface area (Å²) in [6, 6.07) is 12.7. The van der Waals surface area contributed by atoms with Gasteiger partial charge in [0.05, 0.1) is 12.2 Å². The number of carbonyl (C=O) groups excluding carboxylic acids is 2. The SMILES string of the molecule is Nc1cccnc1C(=O)NCC(=O)NCc1ccccc1. The van der Waals surface area contributed by atoms with Crippen LogP contribution in [0, 0.1) is 0 Å². The number of nitrogen functional groups attached to an aromatic ring is 1. The molecule has 21 heavy (non-hydrogen) atoms. The van der Waals surface area contributed by atoms with Crippen molar-refractivity contribution in [2.24, 2.45) is 0 Å². The van der Waals surface area contributed by atoms with E-state index in [2.05, 4.69) is 15.6 Å².